The van der Waals surface area contributed by atoms with Crippen molar-refractivity contribution in [2.24, 2.45) is 11.8 Å². The molecule has 0 aliphatic carbocycles. The summed E-state index contributed by atoms with van der Waals surface area (Å²) in [5, 5.41) is 8.52. The van der Waals surface area contributed by atoms with Crippen LogP contribution in [0.4, 0.5) is 4.39 Å². The van der Waals surface area contributed by atoms with E-state index in [9.17, 15) is 17.6 Å². The van der Waals surface area contributed by atoms with Gasteiger partial charge in [-0.25, -0.2) is 17.5 Å². The minimum absolute atomic E-state index is 0.00689. The van der Waals surface area contributed by atoms with E-state index in [-0.39, 0.29) is 41.0 Å². The number of ether oxygens (including phenoxy) is 2. The molecule has 0 N–H and O–H groups in total. The van der Waals surface area contributed by atoms with E-state index in [4.69, 9.17) is 9.47 Å². The molecular weight excluding hydrogens is 473 g/mol. The highest BCUT2D eigenvalue weighted by atomic mass is 32.2. The number of hydrogen-bond donors (Lipinski definition) is 0. The number of halogens is 1. The smallest absolute Gasteiger partial charge is 0.302 e. The molecule has 0 saturated carbocycles. The monoisotopic (exact) mass is 501 g/mol. The molecule has 1 aliphatic heterocycles. The van der Waals surface area contributed by atoms with Gasteiger partial charge in [-0.1, -0.05) is 49.4 Å². The third-order valence-electron chi connectivity index (χ3n) is 6.47. The second-order valence-corrected chi connectivity index (χ2v) is 10.9. The molecule has 35 heavy (non-hydrogen) atoms. The average molecular weight is 502 g/mol. The molecule has 10 heteroatoms. The lowest BCUT2D eigenvalue weighted by Crippen LogP contribution is -2.50. The van der Waals surface area contributed by atoms with E-state index in [0.29, 0.717) is 11.3 Å². The Hall–Kier alpha value is -3.11. The second-order valence-electron chi connectivity index (χ2n) is 8.91. The van der Waals surface area contributed by atoms with Crippen LogP contribution in [0, 0.1) is 17.7 Å². The van der Waals surface area contributed by atoms with Crippen LogP contribution in [0.3, 0.4) is 0 Å². The Bertz CT molecular complexity index is 1280. The summed E-state index contributed by atoms with van der Waals surface area (Å²) in [6.45, 7) is 5.17. The lowest BCUT2D eigenvalue weighted by Gasteiger charge is -2.44. The molecule has 0 amide bonds. The quantitative estimate of drug-likeness (QED) is 0.455. The lowest BCUT2D eigenvalue weighted by atomic mass is 9.81. The van der Waals surface area contributed by atoms with Crippen LogP contribution < -0.4 is 0 Å². The Balaban J connectivity index is 1.65. The number of hydrogen-bond acceptors (Lipinski definition) is 7. The van der Waals surface area contributed by atoms with Crippen molar-refractivity contribution in [2.45, 2.75) is 43.9 Å². The van der Waals surface area contributed by atoms with E-state index in [2.05, 4.69) is 10.3 Å². The molecule has 3 aromatic rings. The Morgan fingerprint density at radius 1 is 1.09 bits per heavy atom. The van der Waals surface area contributed by atoms with Crippen molar-refractivity contribution >= 4 is 15.8 Å². The summed E-state index contributed by atoms with van der Waals surface area (Å²) in [6, 6.07) is 14.0. The first-order valence-electron chi connectivity index (χ1n) is 11.4. The molecule has 0 radical (unpaired) electrons. The Morgan fingerprint density at radius 2 is 1.80 bits per heavy atom. The molecule has 2 unspecified atom stereocenters. The fourth-order valence-electron chi connectivity index (χ4n) is 4.60. The van der Waals surface area contributed by atoms with Gasteiger partial charge in [-0.05, 0) is 24.3 Å². The summed E-state index contributed by atoms with van der Waals surface area (Å²) in [7, 11) is -3.63. The van der Waals surface area contributed by atoms with Gasteiger partial charge >= 0.3 is 5.97 Å². The minimum atomic E-state index is -3.63. The van der Waals surface area contributed by atoms with Gasteiger partial charge in [-0.15, -0.1) is 5.10 Å². The van der Waals surface area contributed by atoms with E-state index in [1.54, 1.807) is 53.3 Å². The van der Waals surface area contributed by atoms with Gasteiger partial charge in [0.15, 0.2) is 9.84 Å². The van der Waals surface area contributed by atoms with E-state index >= 15 is 0 Å². The highest BCUT2D eigenvalue weighted by Crippen LogP contribution is 2.40. The topological polar surface area (TPSA) is 100 Å². The largest absolute Gasteiger partial charge is 0.463 e. The van der Waals surface area contributed by atoms with Crippen LogP contribution in [-0.2, 0) is 24.1 Å². The number of esters is 1. The van der Waals surface area contributed by atoms with Crippen molar-refractivity contribution in [3.05, 3.63) is 66.6 Å². The molecule has 1 aliphatic rings. The number of benzene rings is 2. The molecule has 1 saturated heterocycles. The minimum Gasteiger partial charge on any atom is -0.463 e. The van der Waals surface area contributed by atoms with Crippen LogP contribution in [0.1, 0.15) is 26.8 Å². The van der Waals surface area contributed by atoms with Gasteiger partial charge in [0.05, 0.1) is 35.1 Å². The first kappa shape index (κ1) is 25.0. The molecule has 2 aromatic carbocycles. The molecule has 5 atom stereocenters. The van der Waals surface area contributed by atoms with Gasteiger partial charge in [0.2, 0.25) is 0 Å². The Labute approximate surface area is 204 Å². The normalized spacial score (nSPS) is 24.7. The zero-order chi connectivity index (χ0) is 25.2. The maximum atomic E-state index is 13.7. The van der Waals surface area contributed by atoms with Gasteiger partial charge in [-0.3, -0.25) is 4.79 Å². The zero-order valence-corrected chi connectivity index (χ0v) is 20.6. The van der Waals surface area contributed by atoms with Crippen LogP contribution >= 0.6 is 0 Å². The van der Waals surface area contributed by atoms with Crippen molar-refractivity contribution < 1.29 is 27.1 Å². The summed E-state index contributed by atoms with van der Waals surface area (Å²) in [4.78, 5) is 11.7. The van der Waals surface area contributed by atoms with Crippen LogP contribution in [0.5, 0.6) is 0 Å². The third-order valence-corrected chi connectivity index (χ3v) is 8.23. The number of nitrogens with zero attached hydrogens (tertiary/aromatic N) is 3. The van der Waals surface area contributed by atoms with E-state index in [0.717, 1.165) is 0 Å². The first-order valence-corrected chi connectivity index (χ1v) is 13.1. The first-order chi connectivity index (χ1) is 16.7. The number of carbonyl (C=O) groups is 1. The maximum Gasteiger partial charge on any atom is 0.302 e. The predicted octanol–water partition coefficient (Wildman–Crippen LogP) is 3.70. The average Bonchev–Trinajstić information content (AvgIpc) is 3.30. The Kier molecular flexibility index (Phi) is 7.32. The van der Waals surface area contributed by atoms with Crippen molar-refractivity contribution in [1.82, 2.24) is 15.0 Å². The number of rotatable bonds is 7. The van der Waals surface area contributed by atoms with Crippen LogP contribution in [0.15, 0.2) is 65.7 Å². The summed E-state index contributed by atoms with van der Waals surface area (Å²) >= 11 is 0. The van der Waals surface area contributed by atoms with E-state index < -0.39 is 28.0 Å². The second kappa shape index (κ2) is 10.2. The van der Waals surface area contributed by atoms with Crippen LogP contribution in [0.2, 0.25) is 0 Å². The SMILES string of the molecule is CC(=O)OCC1O[C@@H](CS(=O)(=O)c2ccccc2)C(C)[C@@H](n2cc(-c3cccc(F)c3)nn2)[C@H]1C. The molecular formula is C25H28FN3O5S. The molecule has 1 aromatic heterocycles. The molecule has 4 rings (SSSR count). The summed E-state index contributed by atoms with van der Waals surface area (Å²) in [6.07, 6.45) is 0.505. The number of aromatic nitrogens is 3. The lowest BCUT2D eigenvalue weighted by molar-refractivity contribution is -0.165. The zero-order valence-electron chi connectivity index (χ0n) is 19.7. The summed E-state index contributed by atoms with van der Waals surface area (Å²) in [5.74, 6) is -1.50. The molecule has 1 fully saturated rings. The standard InChI is InChI=1S/C25H28FN3O5S/c1-16-23(14-33-18(3)30)34-24(15-35(31,32)21-10-5-4-6-11-21)17(2)25(16)29-13-22(27-28-29)19-8-7-9-20(26)12-19/h4-13,16-17,23-25H,14-15H2,1-3H3/t16-,17?,23?,24-,25-/m0/s1. The van der Waals surface area contributed by atoms with Gasteiger partial charge in [-0.2, -0.15) is 0 Å². The number of sulfone groups is 1. The van der Waals surface area contributed by atoms with Gasteiger partial charge in [0.25, 0.3) is 0 Å². The van der Waals surface area contributed by atoms with Crippen molar-refractivity contribution in [3.8, 4) is 11.3 Å². The van der Waals surface area contributed by atoms with Crippen molar-refractivity contribution in [2.75, 3.05) is 12.4 Å². The Morgan fingerprint density at radius 3 is 2.49 bits per heavy atom. The van der Waals surface area contributed by atoms with Crippen LogP contribution in [-0.4, -0.2) is 53.9 Å². The molecule has 8 nitrogen and oxygen atoms in total. The highest BCUT2D eigenvalue weighted by molar-refractivity contribution is 7.91. The summed E-state index contributed by atoms with van der Waals surface area (Å²) in [5.41, 5.74) is 1.09. The van der Waals surface area contributed by atoms with E-state index in [1.807, 2.05) is 13.8 Å². The predicted molar refractivity (Wildman–Crippen MR) is 127 cm³/mol. The molecule has 186 valence electrons. The number of carbonyl (C=O) groups excluding carboxylic acids is 1. The van der Waals surface area contributed by atoms with E-state index in [1.165, 1.54) is 19.1 Å². The highest BCUT2D eigenvalue weighted by Gasteiger charge is 2.45. The van der Waals surface area contributed by atoms with Crippen molar-refractivity contribution in [1.29, 1.82) is 0 Å². The van der Waals surface area contributed by atoms with Crippen LogP contribution in [0.25, 0.3) is 11.3 Å². The van der Waals surface area contributed by atoms with Crippen molar-refractivity contribution in [3.63, 3.8) is 0 Å². The fourth-order valence-corrected chi connectivity index (χ4v) is 6.18. The summed E-state index contributed by atoms with van der Waals surface area (Å²) < 4.78 is 53.1. The van der Waals surface area contributed by atoms with Gasteiger partial charge in [0, 0.05) is 24.3 Å². The van der Waals surface area contributed by atoms with Gasteiger partial charge < -0.3 is 9.47 Å². The third kappa shape index (κ3) is 5.59. The molecule has 0 spiro atoms. The molecule has 2 heterocycles. The maximum absolute atomic E-state index is 13.7. The fraction of sp³-hybridized carbons (Fsp3) is 0.400. The van der Waals surface area contributed by atoms with Gasteiger partial charge in [0.1, 0.15) is 18.1 Å². The molecule has 0 bridgehead atoms.